The molecule has 1 aromatic carbocycles. The fraction of sp³-hybridized carbons (Fsp3) is 0.611. The fourth-order valence-corrected chi connectivity index (χ4v) is 3.59. The molecule has 1 spiro atoms. The van der Waals surface area contributed by atoms with Crippen LogP contribution in [0.4, 0.5) is 23.7 Å². The summed E-state index contributed by atoms with van der Waals surface area (Å²) in [4.78, 5) is 13.6. The lowest BCUT2D eigenvalue weighted by molar-refractivity contribution is -0.137. The van der Waals surface area contributed by atoms with Crippen molar-refractivity contribution in [1.29, 1.82) is 0 Å². The van der Waals surface area contributed by atoms with Gasteiger partial charge in [0.05, 0.1) is 5.56 Å². The number of nitrogens with one attached hydrogen (secondary N) is 1. The molecule has 25 heavy (non-hydrogen) atoms. The van der Waals surface area contributed by atoms with Crippen molar-refractivity contribution < 1.29 is 22.7 Å². The van der Waals surface area contributed by atoms with E-state index in [4.69, 9.17) is 4.74 Å². The average molecular weight is 356 g/mol. The molecule has 7 heteroatoms. The van der Waals surface area contributed by atoms with Crippen LogP contribution in [-0.2, 0) is 10.9 Å². The van der Waals surface area contributed by atoms with E-state index in [-0.39, 0.29) is 17.6 Å². The Labute approximate surface area is 145 Å². The van der Waals surface area contributed by atoms with Crippen LogP contribution in [0.2, 0.25) is 0 Å². The van der Waals surface area contributed by atoms with E-state index >= 15 is 0 Å². The van der Waals surface area contributed by atoms with Crippen LogP contribution in [0.25, 0.3) is 0 Å². The minimum Gasteiger partial charge on any atom is -0.444 e. The molecule has 2 fully saturated rings. The van der Waals surface area contributed by atoms with Crippen molar-refractivity contribution in [3.8, 4) is 0 Å². The van der Waals surface area contributed by atoms with Crippen molar-refractivity contribution >= 4 is 11.8 Å². The van der Waals surface area contributed by atoms with Crippen LogP contribution < -0.4 is 5.32 Å². The van der Waals surface area contributed by atoms with Crippen LogP contribution in [0.15, 0.2) is 24.3 Å². The molecule has 1 saturated heterocycles. The number of likely N-dealkylation sites (tertiary alicyclic amines) is 1. The van der Waals surface area contributed by atoms with Gasteiger partial charge in [-0.25, -0.2) is 4.79 Å². The minimum absolute atomic E-state index is 0.0935. The summed E-state index contributed by atoms with van der Waals surface area (Å²) in [5.74, 6) is 0. The van der Waals surface area contributed by atoms with E-state index in [1.807, 2.05) is 20.8 Å². The van der Waals surface area contributed by atoms with Crippen molar-refractivity contribution in [2.45, 2.75) is 51.4 Å². The quantitative estimate of drug-likeness (QED) is 0.847. The van der Waals surface area contributed by atoms with Crippen molar-refractivity contribution in [2.75, 3.05) is 18.4 Å². The van der Waals surface area contributed by atoms with Gasteiger partial charge in [-0.05, 0) is 51.8 Å². The van der Waals surface area contributed by atoms with Crippen molar-refractivity contribution in [1.82, 2.24) is 4.90 Å². The summed E-state index contributed by atoms with van der Waals surface area (Å²) in [6, 6.07) is 5.40. The van der Waals surface area contributed by atoms with E-state index in [2.05, 4.69) is 5.32 Å². The summed E-state index contributed by atoms with van der Waals surface area (Å²) in [7, 11) is 0. The molecule has 0 radical (unpaired) electrons. The molecule has 0 bridgehead atoms. The summed E-state index contributed by atoms with van der Waals surface area (Å²) >= 11 is 0. The van der Waals surface area contributed by atoms with E-state index in [0.717, 1.165) is 25.0 Å². The second-order valence-electron chi connectivity index (χ2n) is 8.16. The summed E-state index contributed by atoms with van der Waals surface area (Å²) in [5, 5.41) is 3.16. The van der Waals surface area contributed by atoms with Crippen LogP contribution in [0.5, 0.6) is 0 Å². The largest absolute Gasteiger partial charge is 0.444 e. The third-order valence-corrected chi connectivity index (χ3v) is 4.62. The van der Waals surface area contributed by atoms with E-state index in [9.17, 15) is 18.0 Å². The molecule has 3 rings (SSSR count). The number of anilines is 1. The first kappa shape index (κ1) is 17.9. The number of amides is 1. The van der Waals surface area contributed by atoms with Gasteiger partial charge in [-0.3, -0.25) is 0 Å². The van der Waals surface area contributed by atoms with E-state index in [1.54, 1.807) is 11.0 Å². The summed E-state index contributed by atoms with van der Waals surface area (Å²) in [5.41, 5.74) is -0.576. The van der Waals surface area contributed by atoms with E-state index < -0.39 is 17.3 Å². The number of halogens is 3. The molecule has 1 N–H and O–H groups in total. The van der Waals surface area contributed by atoms with Crippen LogP contribution in [0.3, 0.4) is 0 Å². The molecule has 1 amide bonds. The van der Waals surface area contributed by atoms with Crippen LogP contribution in [0, 0.1) is 5.41 Å². The topological polar surface area (TPSA) is 41.6 Å². The SMILES string of the molecule is CC(C)(C)OC(=O)N1CC2(CC(Nc3cccc(C(F)(F)F)c3)C2)C1. The Morgan fingerprint density at radius 2 is 1.88 bits per heavy atom. The third-order valence-electron chi connectivity index (χ3n) is 4.62. The zero-order valence-electron chi connectivity index (χ0n) is 14.6. The van der Waals surface area contributed by atoms with Gasteiger partial charge in [0, 0.05) is 30.2 Å². The first-order chi connectivity index (χ1) is 11.5. The Bertz CT molecular complexity index is 653. The van der Waals surface area contributed by atoms with Gasteiger partial charge in [0.2, 0.25) is 0 Å². The third kappa shape index (κ3) is 4.02. The highest BCUT2D eigenvalue weighted by Crippen LogP contribution is 2.49. The van der Waals surface area contributed by atoms with Gasteiger partial charge in [0.15, 0.2) is 0 Å². The van der Waals surface area contributed by atoms with Gasteiger partial charge in [-0.2, -0.15) is 13.2 Å². The smallest absolute Gasteiger partial charge is 0.416 e. The first-order valence-corrected chi connectivity index (χ1v) is 8.38. The molecule has 138 valence electrons. The van der Waals surface area contributed by atoms with Gasteiger partial charge in [0.1, 0.15) is 5.60 Å². The van der Waals surface area contributed by atoms with Crippen LogP contribution in [0.1, 0.15) is 39.2 Å². The van der Waals surface area contributed by atoms with Crippen LogP contribution >= 0.6 is 0 Å². The fourth-order valence-electron chi connectivity index (χ4n) is 3.59. The number of alkyl halides is 3. The standard InChI is InChI=1S/C18H23F3N2O2/c1-16(2,3)25-15(24)23-10-17(11-23)8-14(9-17)22-13-6-4-5-12(7-13)18(19,20)21/h4-7,14,22H,8-11H2,1-3H3. The molecule has 2 aliphatic rings. The van der Waals surface area contributed by atoms with Crippen molar-refractivity contribution in [2.24, 2.45) is 5.41 Å². The lowest BCUT2D eigenvalue weighted by atomic mass is 9.60. The minimum atomic E-state index is -4.33. The van der Waals surface area contributed by atoms with Crippen molar-refractivity contribution in [3.63, 3.8) is 0 Å². The van der Waals surface area contributed by atoms with Crippen molar-refractivity contribution in [3.05, 3.63) is 29.8 Å². The highest BCUT2D eigenvalue weighted by Gasteiger charge is 2.54. The van der Waals surface area contributed by atoms with E-state index in [1.165, 1.54) is 6.07 Å². The molecule has 1 aromatic rings. The number of carbonyl (C=O) groups is 1. The monoisotopic (exact) mass is 356 g/mol. The number of nitrogens with zero attached hydrogens (tertiary/aromatic N) is 1. The number of carbonyl (C=O) groups excluding carboxylic acids is 1. The molecule has 0 atom stereocenters. The number of benzene rings is 1. The summed E-state index contributed by atoms with van der Waals surface area (Å²) < 4.78 is 43.6. The number of ether oxygens (including phenoxy) is 1. The molecule has 1 aliphatic carbocycles. The molecule has 1 aliphatic heterocycles. The maximum atomic E-state index is 12.7. The Kier molecular flexibility index (Phi) is 4.16. The number of hydrogen-bond acceptors (Lipinski definition) is 3. The van der Waals surface area contributed by atoms with Crippen LogP contribution in [-0.4, -0.2) is 35.7 Å². The summed E-state index contributed by atoms with van der Waals surface area (Å²) in [6.45, 7) is 6.81. The molecular formula is C18H23F3N2O2. The Morgan fingerprint density at radius 3 is 2.44 bits per heavy atom. The normalized spacial score (nSPS) is 20.0. The molecule has 1 heterocycles. The molecule has 4 nitrogen and oxygen atoms in total. The van der Waals surface area contributed by atoms with Gasteiger partial charge >= 0.3 is 12.3 Å². The lowest BCUT2D eigenvalue weighted by Gasteiger charge is -2.58. The highest BCUT2D eigenvalue weighted by atomic mass is 19.4. The predicted octanol–water partition coefficient (Wildman–Crippen LogP) is 4.52. The Balaban J connectivity index is 1.48. The van der Waals surface area contributed by atoms with Gasteiger partial charge in [0.25, 0.3) is 0 Å². The maximum absolute atomic E-state index is 12.7. The highest BCUT2D eigenvalue weighted by molar-refractivity contribution is 5.69. The van der Waals surface area contributed by atoms with Gasteiger partial charge < -0.3 is 15.0 Å². The molecular weight excluding hydrogens is 333 g/mol. The second-order valence-corrected chi connectivity index (χ2v) is 8.16. The lowest BCUT2D eigenvalue weighted by Crippen LogP contribution is -2.66. The Hall–Kier alpha value is -1.92. The maximum Gasteiger partial charge on any atom is 0.416 e. The first-order valence-electron chi connectivity index (χ1n) is 8.38. The molecule has 0 aromatic heterocycles. The number of hydrogen-bond donors (Lipinski definition) is 1. The molecule has 0 unspecified atom stereocenters. The average Bonchev–Trinajstić information content (AvgIpc) is 2.37. The number of rotatable bonds is 2. The molecule has 1 saturated carbocycles. The zero-order chi connectivity index (χ0) is 18.5. The Morgan fingerprint density at radius 1 is 1.24 bits per heavy atom. The predicted molar refractivity (Wildman–Crippen MR) is 88.3 cm³/mol. The zero-order valence-corrected chi connectivity index (χ0v) is 14.6. The van der Waals surface area contributed by atoms with Gasteiger partial charge in [-0.15, -0.1) is 0 Å². The summed E-state index contributed by atoms with van der Waals surface area (Å²) in [6.07, 6.45) is -2.93. The van der Waals surface area contributed by atoms with E-state index in [0.29, 0.717) is 18.8 Å². The second kappa shape index (κ2) is 5.81. The van der Waals surface area contributed by atoms with Gasteiger partial charge in [-0.1, -0.05) is 6.07 Å².